The zero-order valence-corrected chi connectivity index (χ0v) is 20.0. The highest BCUT2D eigenvalue weighted by atomic mass is 127. The Hall–Kier alpha value is -0.740. The molecule has 26 heavy (non-hydrogen) atoms. The van der Waals surface area contributed by atoms with E-state index in [1.807, 2.05) is 19.1 Å². The van der Waals surface area contributed by atoms with Gasteiger partial charge in [0.15, 0.2) is 17.5 Å². The largest absolute Gasteiger partial charge is 0.493 e. The average Bonchev–Trinajstić information content (AvgIpc) is 2.62. The van der Waals surface area contributed by atoms with Gasteiger partial charge in [0.1, 0.15) is 0 Å². The van der Waals surface area contributed by atoms with Crippen LogP contribution in [0.5, 0.6) is 11.5 Å². The van der Waals surface area contributed by atoms with Crippen LogP contribution in [0, 0.1) is 0 Å². The summed E-state index contributed by atoms with van der Waals surface area (Å²) < 4.78 is 17.0. The molecular formula is C18H31BrIN3O3. The molecular weight excluding hydrogens is 513 g/mol. The Labute approximate surface area is 182 Å². The lowest BCUT2D eigenvalue weighted by atomic mass is 10.2. The molecule has 0 heterocycles. The number of halogens is 2. The van der Waals surface area contributed by atoms with Crippen LogP contribution in [-0.4, -0.2) is 46.5 Å². The van der Waals surface area contributed by atoms with Crippen LogP contribution in [0.2, 0.25) is 0 Å². The fourth-order valence-electron chi connectivity index (χ4n) is 2.20. The van der Waals surface area contributed by atoms with Crippen molar-refractivity contribution < 1.29 is 14.2 Å². The third-order valence-corrected chi connectivity index (χ3v) is 4.25. The van der Waals surface area contributed by atoms with Crippen LogP contribution in [0.25, 0.3) is 0 Å². The van der Waals surface area contributed by atoms with Crippen molar-refractivity contribution in [2.24, 2.45) is 4.99 Å². The Bertz CT molecular complexity index is 545. The molecule has 1 aromatic rings. The maximum atomic E-state index is 5.36. The van der Waals surface area contributed by atoms with Crippen molar-refractivity contribution in [3.8, 4) is 11.5 Å². The Kier molecular flexibility index (Phi) is 14.9. The maximum absolute atomic E-state index is 5.36. The van der Waals surface area contributed by atoms with Crippen molar-refractivity contribution in [3.63, 3.8) is 0 Å². The fraction of sp³-hybridized carbons (Fsp3) is 0.611. The van der Waals surface area contributed by atoms with Crippen LogP contribution in [0.4, 0.5) is 0 Å². The van der Waals surface area contributed by atoms with Gasteiger partial charge in [0.2, 0.25) is 0 Å². The summed E-state index contributed by atoms with van der Waals surface area (Å²) in [5, 5.41) is 6.61. The first-order valence-electron chi connectivity index (χ1n) is 8.66. The van der Waals surface area contributed by atoms with Crippen LogP contribution in [0.15, 0.2) is 21.6 Å². The van der Waals surface area contributed by atoms with Crippen molar-refractivity contribution >= 4 is 45.9 Å². The van der Waals surface area contributed by atoms with Crippen LogP contribution >= 0.6 is 39.9 Å². The lowest BCUT2D eigenvalue weighted by molar-refractivity contribution is 0.143. The highest BCUT2D eigenvalue weighted by Gasteiger charge is 2.09. The summed E-state index contributed by atoms with van der Waals surface area (Å²) in [5.41, 5.74) is 1.03. The third kappa shape index (κ3) is 9.27. The normalized spacial score (nSPS) is 10.9. The number of nitrogens with one attached hydrogen (secondary N) is 2. The minimum absolute atomic E-state index is 0. The summed E-state index contributed by atoms with van der Waals surface area (Å²) in [7, 11) is 3.26. The number of benzene rings is 1. The summed E-state index contributed by atoms with van der Waals surface area (Å²) in [5.74, 6) is 2.20. The number of rotatable bonds is 11. The minimum atomic E-state index is 0. The Morgan fingerprint density at radius 1 is 1.08 bits per heavy atom. The van der Waals surface area contributed by atoms with Gasteiger partial charge in [-0.2, -0.15) is 0 Å². The molecule has 0 aliphatic heterocycles. The highest BCUT2D eigenvalue weighted by Crippen LogP contribution is 2.33. The number of hydrogen-bond acceptors (Lipinski definition) is 4. The van der Waals surface area contributed by atoms with Crippen molar-refractivity contribution in [1.82, 2.24) is 10.6 Å². The van der Waals surface area contributed by atoms with E-state index in [9.17, 15) is 0 Å². The number of nitrogens with zero attached hydrogens (tertiary/aromatic N) is 1. The first-order chi connectivity index (χ1) is 12.2. The van der Waals surface area contributed by atoms with Gasteiger partial charge < -0.3 is 24.8 Å². The van der Waals surface area contributed by atoms with E-state index in [2.05, 4.69) is 38.5 Å². The molecule has 150 valence electrons. The second kappa shape index (κ2) is 15.3. The fourth-order valence-corrected chi connectivity index (χ4v) is 2.65. The SMILES string of the molecule is CCNC(=NCc1cc(OC)c(OC)cc1Br)NCCCCOCC.I. The van der Waals surface area contributed by atoms with Gasteiger partial charge >= 0.3 is 0 Å². The smallest absolute Gasteiger partial charge is 0.191 e. The van der Waals surface area contributed by atoms with E-state index in [4.69, 9.17) is 14.2 Å². The van der Waals surface area contributed by atoms with E-state index >= 15 is 0 Å². The molecule has 0 unspecified atom stereocenters. The van der Waals surface area contributed by atoms with Gasteiger partial charge in [0.25, 0.3) is 0 Å². The molecule has 0 radical (unpaired) electrons. The van der Waals surface area contributed by atoms with E-state index < -0.39 is 0 Å². The van der Waals surface area contributed by atoms with Gasteiger partial charge in [-0.15, -0.1) is 24.0 Å². The Balaban J connectivity index is 0.00000625. The third-order valence-electron chi connectivity index (χ3n) is 3.52. The van der Waals surface area contributed by atoms with Crippen molar-refractivity contribution in [1.29, 1.82) is 0 Å². The molecule has 0 saturated carbocycles. The van der Waals surface area contributed by atoms with Gasteiger partial charge in [0.05, 0.1) is 20.8 Å². The van der Waals surface area contributed by atoms with Gasteiger partial charge in [-0.3, -0.25) is 0 Å². The molecule has 1 aromatic carbocycles. The first kappa shape index (κ1) is 25.3. The quantitative estimate of drug-likeness (QED) is 0.191. The molecule has 6 nitrogen and oxygen atoms in total. The molecule has 1 rings (SSSR count). The molecule has 0 aromatic heterocycles. The maximum Gasteiger partial charge on any atom is 0.191 e. The molecule has 0 atom stereocenters. The molecule has 0 saturated heterocycles. The first-order valence-corrected chi connectivity index (χ1v) is 9.45. The summed E-state index contributed by atoms with van der Waals surface area (Å²) >= 11 is 3.57. The van der Waals surface area contributed by atoms with Crippen molar-refractivity contribution in [3.05, 3.63) is 22.2 Å². The highest BCUT2D eigenvalue weighted by molar-refractivity contribution is 14.0. The standard InChI is InChI=1S/C18H30BrN3O3.HI/c1-5-20-18(21-9-7-8-10-25-6-2)22-13-14-11-16(23-3)17(24-4)12-15(14)19;/h11-12H,5-10,13H2,1-4H3,(H2,20,21,22);1H. The molecule has 0 spiro atoms. The summed E-state index contributed by atoms with van der Waals surface area (Å²) in [6.07, 6.45) is 2.09. The number of guanidine groups is 1. The molecule has 0 aliphatic rings. The molecule has 0 bridgehead atoms. The van der Waals surface area contributed by atoms with Gasteiger partial charge in [-0.05, 0) is 44.4 Å². The second-order valence-corrected chi connectivity index (χ2v) is 6.18. The lowest BCUT2D eigenvalue weighted by Gasteiger charge is -2.13. The van der Waals surface area contributed by atoms with Crippen LogP contribution in [0.1, 0.15) is 32.3 Å². The van der Waals surface area contributed by atoms with E-state index in [0.717, 1.165) is 55.1 Å². The van der Waals surface area contributed by atoms with Crippen molar-refractivity contribution in [2.45, 2.75) is 33.2 Å². The lowest BCUT2D eigenvalue weighted by Crippen LogP contribution is -2.37. The monoisotopic (exact) mass is 543 g/mol. The number of hydrogen-bond donors (Lipinski definition) is 2. The number of unbranched alkanes of at least 4 members (excludes halogenated alkanes) is 1. The molecule has 0 aliphatic carbocycles. The second-order valence-electron chi connectivity index (χ2n) is 5.32. The predicted octanol–water partition coefficient (Wildman–Crippen LogP) is 3.96. The molecule has 0 fully saturated rings. The molecule has 0 amide bonds. The topological polar surface area (TPSA) is 64.1 Å². The average molecular weight is 544 g/mol. The van der Waals surface area contributed by atoms with Gasteiger partial charge in [0, 0.05) is 30.8 Å². The van der Waals surface area contributed by atoms with Gasteiger partial charge in [-0.1, -0.05) is 15.9 Å². The predicted molar refractivity (Wildman–Crippen MR) is 121 cm³/mol. The summed E-state index contributed by atoms with van der Waals surface area (Å²) in [6, 6.07) is 3.84. The van der Waals surface area contributed by atoms with E-state index in [1.165, 1.54) is 0 Å². The van der Waals surface area contributed by atoms with E-state index in [0.29, 0.717) is 18.0 Å². The number of aliphatic imine (C=N–C) groups is 1. The zero-order chi connectivity index (χ0) is 18.5. The van der Waals surface area contributed by atoms with Crippen molar-refractivity contribution in [2.75, 3.05) is 40.5 Å². The molecule has 2 N–H and O–H groups in total. The van der Waals surface area contributed by atoms with E-state index in [1.54, 1.807) is 14.2 Å². The molecule has 8 heteroatoms. The van der Waals surface area contributed by atoms with Crippen LogP contribution < -0.4 is 20.1 Å². The van der Waals surface area contributed by atoms with Gasteiger partial charge in [-0.25, -0.2) is 4.99 Å². The summed E-state index contributed by atoms with van der Waals surface area (Å²) in [6.45, 7) is 7.88. The summed E-state index contributed by atoms with van der Waals surface area (Å²) in [4.78, 5) is 4.65. The number of methoxy groups -OCH3 is 2. The number of ether oxygens (including phenoxy) is 3. The Morgan fingerprint density at radius 2 is 1.77 bits per heavy atom. The van der Waals surface area contributed by atoms with Crippen LogP contribution in [-0.2, 0) is 11.3 Å². The minimum Gasteiger partial charge on any atom is -0.493 e. The van der Waals surface area contributed by atoms with Crippen LogP contribution in [0.3, 0.4) is 0 Å². The zero-order valence-electron chi connectivity index (χ0n) is 16.1. The van der Waals surface area contributed by atoms with E-state index in [-0.39, 0.29) is 24.0 Å². The Morgan fingerprint density at radius 3 is 2.38 bits per heavy atom.